The summed E-state index contributed by atoms with van der Waals surface area (Å²) >= 11 is 0. The molecular formula is C32H46N2O4. The summed E-state index contributed by atoms with van der Waals surface area (Å²) < 4.78 is 11.2. The first-order chi connectivity index (χ1) is 18.4. The summed E-state index contributed by atoms with van der Waals surface area (Å²) in [4.78, 5) is 29.6. The van der Waals surface area contributed by atoms with Gasteiger partial charge in [-0.15, -0.1) is 0 Å². The van der Waals surface area contributed by atoms with Crippen LogP contribution in [-0.4, -0.2) is 50.3 Å². The average molecular weight is 523 g/mol. The van der Waals surface area contributed by atoms with Crippen molar-refractivity contribution in [3.05, 3.63) is 59.7 Å². The SMILES string of the molecule is CCCCCC(C)OC(=O)c1ccc(N2CCN(c3ccc(C(=O)O[C@@H](C)CCCCC)cc3)CC2)cc1. The molecule has 0 amide bonds. The first-order valence-corrected chi connectivity index (χ1v) is 14.5. The topological polar surface area (TPSA) is 59.1 Å². The van der Waals surface area contributed by atoms with Crippen molar-refractivity contribution >= 4 is 23.3 Å². The van der Waals surface area contributed by atoms with Gasteiger partial charge in [0.15, 0.2) is 0 Å². The number of unbranched alkanes of at least 4 members (excludes halogenated alkanes) is 4. The number of carbonyl (C=O) groups excluding carboxylic acids is 2. The van der Waals surface area contributed by atoms with E-state index in [1.807, 2.05) is 62.4 Å². The predicted octanol–water partition coefficient (Wildman–Crippen LogP) is 7.26. The number of rotatable bonds is 14. The zero-order chi connectivity index (χ0) is 27.3. The molecule has 1 aliphatic rings. The van der Waals surface area contributed by atoms with Gasteiger partial charge in [0.2, 0.25) is 0 Å². The van der Waals surface area contributed by atoms with Gasteiger partial charge < -0.3 is 19.3 Å². The maximum absolute atomic E-state index is 12.5. The fourth-order valence-electron chi connectivity index (χ4n) is 4.82. The Kier molecular flexibility index (Phi) is 12.0. The summed E-state index contributed by atoms with van der Waals surface area (Å²) in [5.41, 5.74) is 3.43. The lowest BCUT2D eigenvalue weighted by Crippen LogP contribution is -2.46. The number of nitrogens with zero attached hydrogens (tertiary/aromatic N) is 2. The summed E-state index contributed by atoms with van der Waals surface area (Å²) in [6.45, 7) is 11.8. The Balaban J connectivity index is 1.45. The molecule has 1 fully saturated rings. The molecule has 6 nitrogen and oxygen atoms in total. The molecule has 2 aromatic rings. The van der Waals surface area contributed by atoms with E-state index in [0.717, 1.165) is 76.1 Å². The molecule has 208 valence electrons. The van der Waals surface area contributed by atoms with Crippen LogP contribution < -0.4 is 9.80 Å². The molecule has 0 N–H and O–H groups in total. The molecule has 0 aliphatic carbocycles. The molecule has 2 atom stereocenters. The predicted molar refractivity (Wildman–Crippen MR) is 155 cm³/mol. The van der Waals surface area contributed by atoms with Crippen LogP contribution in [-0.2, 0) is 9.47 Å². The van der Waals surface area contributed by atoms with Gasteiger partial charge in [-0.3, -0.25) is 0 Å². The quantitative estimate of drug-likeness (QED) is 0.192. The normalized spacial score (nSPS) is 15.2. The van der Waals surface area contributed by atoms with E-state index in [1.54, 1.807) is 0 Å². The summed E-state index contributed by atoms with van der Waals surface area (Å²) in [6, 6.07) is 15.5. The first-order valence-electron chi connectivity index (χ1n) is 14.5. The standard InChI is InChI=1S/C32H46N2O4/c1-5-7-9-11-25(3)37-31(35)27-13-17-29(18-14-27)33-21-23-34(24-22-33)30-19-15-28(16-20-30)32(36)38-26(4)12-10-8-6-2/h13-20,25-26H,5-12,21-24H2,1-4H3/t25-,26?/m0/s1. The maximum Gasteiger partial charge on any atom is 0.338 e. The number of benzene rings is 2. The van der Waals surface area contributed by atoms with Gasteiger partial charge in [0, 0.05) is 37.6 Å². The van der Waals surface area contributed by atoms with Crippen LogP contribution in [0.3, 0.4) is 0 Å². The van der Waals surface area contributed by atoms with Crippen LogP contribution in [0.15, 0.2) is 48.5 Å². The molecule has 2 aromatic carbocycles. The van der Waals surface area contributed by atoms with Gasteiger partial charge in [-0.2, -0.15) is 0 Å². The Morgan fingerprint density at radius 1 is 0.632 bits per heavy atom. The lowest BCUT2D eigenvalue weighted by molar-refractivity contribution is 0.0309. The number of hydrogen-bond donors (Lipinski definition) is 0. The highest BCUT2D eigenvalue weighted by atomic mass is 16.5. The lowest BCUT2D eigenvalue weighted by atomic mass is 10.1. The minimum absolute atomic E-state index is 0.0550. The van der Waals surface area contributed by atoms with Crippen molar-refractivity contribution in [3.8, 4) is 0 Å². The molecule has 1 unspecified atom stereocenters. The van der Waals surface area contributed by atoms with E-state index in [4.69, 9.17) is 9.47 Å². The fourth-order valence-corrected chi connectivity index (χ4v) is 4.82. The summed E-state index contributed by atoms with van der Waals surface area (Å²) in [5, 5.41) is 0. The zero-order valence-electron chi connectivity index (χ0n) is 23.8. The van der Waals surface area contributed by atoms with Crippen molar-refractivity contribution in [2.75, 3.05) is 36.0 Å². The summed E-state index contributed by atoms with van der Waals surface area (Å²) in [6.07, 6.45) is 8.55. The fraction of sp³-hybridized carbons (Fsp3) is 0.562. The number of hydrogen-bond acceptors (Lipinski definition) is 6. The number of piperazine rings is 1. The molecule has 6 heteroatoms. The van der Waals surface area contributed by atoms with E-state index in [1.165, 1.54) is 12.8 Å². The van der Waals surface area contributed by atoms with Crippen LogP contribution in [0.2, 0.25) is 0 Å². The molecule has 0 bridgehead atoms. The second-order valence-corrected chi connectivity index (χ2v) is 10.5. The molecule has 0 radical (unpaired) electrons. The van der Waals surface area contributed by atoms with Crippen LogP contribution in [0, 0.1) is 0 Å². The molecule has 0 saturated carbocycles. The monoisotopic (exact) mass is 522 g/mol. The van der Waals surface area contributed by atoms with Crippen LogP contribution in [0.5, 0.6) is 0 Å². The van der Waals surface area contributed by atoms with Gasteiger partial charge in [-0.05, 0) is 88.1 Å². The van der Waals surface area contributed by atoms with E-state index in [9.17, 15) is 9.59 Å². The van der Waals surface area contributed by atoms with Gasteiger partial charge in [-0.25, -0.2) is 9.59 Å². The molecule has 3 rings (SSSR count). The van der Waals surface area contributed by atoms with Crippen molar-refractivity contribution in [2.24, 2.45) is 0 Å². The number of anilines is 2. The third kappa shape index (κ3) is 9.07. The van der Waals surface area contributed by atoms with Crippen LogP contribution in [0.25, 0.3) is 0 Å². The Labute approximate surface area is 229 Å². The maximum atomic E-state index is 12.5. The second kappa shape index (κ2) is 15.4. The first kappa shape index (κ1) is 29.5. The molecule has 0 spiro atoms. The second-order valence-electron chi connectivity index (χ2n) is 10.5. The third-order valence-corrected chi connectivity index (χ3v) is 7.26. The van der Waals surface area contributed by atoms with Crippen molar-refractivity contribution in [2.45, 2.75) is 91.3 Å². The highest BCUT2D eigenvalue weighted by Crippen LogP contribution is 2.23. The van der Waals surface area contributed by atoms with Crippen molar-refractivity contribution < 1.29 is 19.1 Å². The number of carbonyl (C=O) groups is 2. The van der Waals surface area contributed by atoms with Crippen LogP contribution in [0.1, 0.15) is 99.8 Å². The van der Waals surface area contributed by atoms with E-state index >= 15 is 0 Å². The Hall–Kier alpha value is -3.02. The third-order valence-electron chi connectivity index (χ3n) is 7.26. The molecule has 1 saturated heterocycles. The zero-order valence-corrected chi connectivity index (χ0v) is 23.8. The van der Waals surface area contributed by atoms with Crippen molar-refractivity contribution in [3.63, 3.8) is 0 Å². The van der Waals surface area contributed by atoms with Gasteiger partial charge >= 0.3 is 11.9 Å². The van der Waals surface area contributed by atoms with E-state index in [2.05, 4.69) is 23.6 Å². The molecule has 1 heterocycles. The Morgan fingerprint density at radius 2 is 0.974 bits per heavy atom. The van der Waals surface area contributed by atoms with Crippen molar-refractivity contribution in [1.82, 2.24) is 0 Å². The van der Waals surface area contributed by atoms with E-state index in [0.29, 0.717) is 11.1 Å². The van der Waals surface area contributed by atoms with E-state index < -0.39 is 0 Å². The molecule has 38 heavy (non-hydrogen) atoms. The Morgan fingerprint density at radius 3 is 1.29 bits per heavy atom. The number of ether oxygens (including phenoxy) is 2. The van der Waals surface area contributed by atoms with Gasteiger partial charge in [-0.1, -0.05) is 39.5 Å². The average Bonchev–Trinajstić information content (AvgIpc) is 2.93. The lowest BCUT2D eigenvalue weighted by Gasteiger charge is -2.37. The Bertz CT molecular complexity index is 900. The largest absolute Gasteiger partial charge is 0.459 e. The summed E-state index contributed by atoms with van der Waals surface area (Å²) in [7, 11) is 0. The van der Waals surface area contributed by atoms with Crippen LogP contribution >= 0.6 is 0 Å². The van der Waals surface area contributed by atoms with Gasteiger partial charge in [0.25, 0.3) is 0 Å². The smallest absolute Gasteiger partial charge is 0.338 e. The van der Waals surface area contributed by atoms with E-state index in [-0.39, 0.29) is 24.1 Å². The van der Waals surface area contributed by atoms with Crippen LogP contribution in [0.4, 0.5) is 11.4 Å². The minimum atomic E-state index is -0.247. The minimum Gasteiger partial charge on any atom is -0.459 e. The highest BCUT2D eigenvalue weighted by Gasteiger charge is 2.19. The molecule has 1 aliphatic heterocycles. The molecule has 0 aromatic heterocycles. The van der Waals surface area contributed by atoms with Gasteiger partial charge in [0.1, 0.15) is 0 Å². The number of esters is 2. The highest BCUT2D eigenvalue weighted by molar-refractivity contribution is 5.90. The van der Waals surface area contributed by atoms with Crippen molar-refractivity contribution in [1.29, 1.82) is 0 Å². The molecular weight excluding hydrogens is 476 g/mol. The van der Waals surface area contributed by atoms with Gasteiger partial charge in [0.05, 0.1) is 23.3 Å². The summed E-state index contributed by atoms with van der Waals surface area (Å²) in [5.74, 6) is -0.493.